The normalized spacial score (nSPS) is 16.7. The van der Waals surface area contributed by atoms with Crippen LogP contribution in [-0.4, -0.2) is 41.6 Å². The Morgan fingerprint density at radius 1 is 0.824 bits per heavy atom. The van der Waals surface area contributed by atoms with Crippen molar-refractivity contribution >= 4 is 20.2 Å². The average Bonchev–Trinajstić information content (AvgIpc) is 1.95. The van der Waals surface area contributed by atoms with Gasteiger partial charge >= 0.3 is 0 Å². The van der Waals surface area contributed by atoms with Gasteiger partial charge in [0, 0.05) is 0 Å². The van der Waals surface area contributed by atoms with Gasteiger partial charge in [-0.15, -0.1) is 0 Å². The van der Waals surface area contributed by atoms with E-state index in [1.807, 2.05) is 0 Å². The molecular formula is C9H20O6S2. The van der Waals surface area contributed by atoms with Crippen molar-refractivity contribution in [2.24, 2.45) is 0 Å². The van der Waals surface area contributed by atoms with E-state index in [9.17, 15) is 16.8 Å². The van der Waals surface area contributed by atoms with E-state index >= 15 is 0 Å². The van der Waals surface area contributed by atoms with Gasteiger partial charge in [-0.1, -0.05) is 0 Å². The van der Waals surface area contributed by atoms with Gasteiger partial charge < -0.3 is 0 Å². The van der Waals surface area contributed by atoms with E-state index in [4.69, 9.17) is 8.37 Å². The monoisotopic (exact) mass is 288 g/mol. The van der Waals surface area contributed by atoms with E-state index in [1.54, 1.807) is 13.8 Å². The van der Waals surface area contributed by atoms with E-state index in [-0.39, 0.29) is 0 Å². The molecule has 0 saturated carbocycles. The van der Waals surface area contributed by atoms with Crippen LogP contribution in [0.1, 0.15) is 33.1 Å². The van der Waals surface area contributed by atoms with Crippen LogP contribution < -0.4 is 0 Å². The first kappa shape index (κ1) is 16.8. The van der Waals surface area contributed by atoms with Crippen molar-refractivity contribution in [3.63, 3.8) is 0 Å². The third-order valence-electron chi connectivity index (χ3n) is 1.90. The van der Waals surface area contributed by atoms with Gasteiger partial charge in [0.05, 0.1) is 24.7 Å². The molecule has 17 heavy (non-hydrogen) atoms. The van der Waals surface area contributed by atoms with Crippen molar-refractivity contribution in [1.82, 2.24) is 0 Å². The van der Waals surface area contributed by atoms with Crippen LogP contribution in [0.4, 0.5) is 0 Å². The van der Waals surface area contributed by atoms with Crippen molar-refractivity contribution in [2.75, 3.05) is 12.5 Å². The molecule has 0 radical (unpaired) electrons. The van der Waals surface area contributed by atoms with Crippen molar-refractivity contribution in [2.45, 2.75) is 45.3 Å². The van der Waals surface area contributed by atoms with Crippen LogP contribution >= 0.6 is 0 Å². The summed E-state index contributed by atoms with van der Waals surface area (Å²) in [7, 11) is -6.86. The fourth-order valence-corrected chi connectivity index (χ4v) is 2.77. The Morgan fingerprint density at radius 2 is 1.12 bits per heavy atom. The van der Waals surface area contributed by atoms with Gasteiger partial charge in [0.15, 0.2) is 0 Å². The Kier molecular flexibility index (Phi) is 6.60. The Labute approximate surface area is 104 Å². The van der Waals surface area contributed by atoms with E-state index in [1.165, 1.54) is 0 Å². The summed E-state index contributed by atoms with van der Waals surface area (Å²) in [5.41, 5.74) is 0. The molecule has 2 atom stereocenters. The summed E-state index contributed by atoms with van der Waals surface area (Å²) < 4.78 is 52.7. The predicted molar refractivity (Wildman–Crippen MR) is 64.6 cm³/mol. The number of hydrogen-bond acceptors (Lipinski definition) is 6. The molecule has 0 spiro atoms. The van der Waals surface area contributed by atoms with Gasteiger partial charge in [-0.2, -0.15) is 16.8 Å². The number of hydrogen-bond donors (Lipinski definition) is 0. The van der Waals surface area contributed by atoms with Gasteiger partial charge in [0.1, 0.15) is 0 Å². The van der Waals surface area contributed by atoms with Crippen molar-refractivity contribution in [3.8, 4) is 0 Å². The lowest BCUT2D eigenvalue weighted by Gasteiger charge is -2.13. The molecular weight excluding hydrogens is 268 g/mol. The van der Waals surface area contributed by atoms with Crippen LogP contribution in [-0.2, 0) is 28.6 Å². The molecule has 2 unspecified atom stereocenters. The second-order valence-corrected chi connectivity index (χ2v) is 7.35. The summed E-state index contributed by atoms with van der Waals surface area (Å²) >= 11 is 0. The summed E-state index contributed by atoms with van der Waals surface area (Å²) in [6, 6.07) is 0. The molecule has 0 N–H and O–H groups in total. The molecule has 0 aromatic carbocycles. The summed E-state index contributed by atoms with van der Waals surface area (Å²) in [6.07, 6.45) is 2.88. The molecule has 0 saturated heterocycles. The van der Waals surface area contributed by atoms with Crippen molar-refractivity contribution < 1.29 is 25.2 Å². The molecule has 0 aromatic rings. The second kappa shape index (κ2) is 6.67. The molecule has 6 nitrogen and oxygen atoms in total. The molecule has 0 fully saturated rings. The highest BCUT2D eigenvalue weighted by Gasteiger charge is 2.13. The zero-order valence-electron chi connectivity index (χ0n) is 10.5. The summed E-state index contributed by atoms with van der Waals surface area (Å²) in [5.74, 6) is 0. The fourth-order valence-electron chi connectivity index (χ4n) is 1.39. The Bertz CT molecular complexity index is 371. The van der Waals surface area contributed by atoms with Gasteiger partial charge in [0.2, 0.25) is 0 Å². The largest absolute Gasteiger partial charge is 0.267 e. The maximum atomic E-state index is 10.8. The minimum atomic E-state index is -3.43. The smallest absolute Gasteiger partial charge is 0.264 e. The van der Waals surface area contributed by atoms with Crippen LogP contribution in [0.15, 0.2) is 0 Å². The van der Waals surface area contributed by atoms with Crippen molar-refractivity contribution in [3.05, 3.63) is 0 Å². The molecule has 0 aliphatic heterocycles. The van der Waals surface area contributed by atoms with Crippen LogP contribution in [0.25, 0.3) is 0 Å². The zero-order valence-corrected chi connectivity index (χ0v) is 12.2. The highest BCUT2D eigenvalue weighted by Crippen LogP contribution is 2.11. The standard InChI is InChI=1S/C9H20O6S2/c1-8(14-16(3,10)11)6-5-7-9(2)15-17(4,12)13/h8-9H,5-7H2,1-4H3. The van der Waals surface area contributed by atoms with E-state index in [0.29, 0.717) is 19.3 Å². The zero-order chi connectivity index (χ0) is 13.7. The molecule has 0 aliphatic rings. The second-order valence-electron chi connectivity index (χ2n) is 4.15. The summed E-state index contributed by atoms with van der Waals surface area (Å²) in [4.78, 5) is 0. The lowest BCUT2D eigenvalue weighted by Crippen LogP contribution is -2.16. The SMILES string of the molecule is CC(CCCC(C)OS(C)(=O)=O)OS(C)(=O)=O. The first-order chi connectivity index (χ1) is 7.49. The Balaban J connectivity index is 3.85. The summed E-state index contributed by atoms with van der Waals surface area (Å²) in [5, 5.41) is 0. The molecule has 0 heterocycles. The Morgan fingerprint density at radius 3 is 1.35 bits per heavy atom. The van der Waals surface area contributed by atoms with Crippen LogP contribution in [0, 0.1) is 0 Å². The molecule has 0 bridgehead atoms. The average molecular weight is 288 g/mol. The molecule has 0 aliphatic carbocycles. The van der Waals surface area contributed by atoms with Gasteiger partial charge in [-0.05, 0) is 33.1 Å². The minimum absolute atomic E-state index is 0.407. The minimum Gasteiger partial charge on any atom is -0.267 e. The Hall–Kier alpha value is -0.180. The highest BCUT2D eigenvalue weighted by atomic mass is 32.2. The van der Waals surface area contributed by atoms with E-state index < -0.39 is 32.4 Å². The molecule has 104 valence electrons. The number of rotatable bonds is 8. The van der Waals surface area contributed by atoms with Crippen LogP contribution in [0.3, 0.4) is 0 Å². The predicted octanol–water partition coefficient (Wildman–Crippen LogP) is 0.886. The third-order valence-corrected chi connectivity index (χ3v) is 3.26. The van der Waals surface area contributed by atoms with Gasteiger partial charge in [-0.3, -0.25) is 8.37 Å². The maximum absolute atomic E-state index is 10.8. The topological polar surface area (TPSA) is 86.7 Å². The molecule has 0 aromatic heterocycles. The fraction of sp³-hybridized carbons (Fsp3) is 1.00. The lowest BCUT2D eigenvalue weighted by molar-refractivity contribution is 0.189. The quantitative estimate of drug-likeness (QED) is 0.616. The van der Waals surface area contributed by atoms with Crippen LogP contribution in [0.5, 0.6) is 0 Å². The first-order valence-electron chi connectivity index (χ1n) is 5.26. The van der Waals surface area contributed by atoms with E-state index in [0.717, 1.165) is 12.5 Å². The highest BCUT2D eigenvalue weighted by molar-refractivity contribution is 7.86. The summed E-state index contributed by atoms with van der Waals surface area (Å²) in [6.45, 7) is 3.31. The molecule has 0 rings (SSSR count). The third kappa shape index (κ3) is 12.1. The van der Waals surface area contributed by atoms with Gasteiger partial charge in [0.25, 0.3) is 20.2 Å². The van der Waals surface area contributed by atoms with Crippen LogP contribution in [0.2, 0.25) is 0 Å². The van der Waals surface area contributed by atoms with Gasteiger partial charge in [-0.25, -0.2) is 0 Å². The lowest BCUT2D eigenvalue weighted by atomic mass is 10.1. The first-order valence-corrected chi connectivity index (χ1v) is 8.89. The van der Waals surface area contributed by atoms with Crippen molar-refractivity contribution in [1.29, 1.82) is 0 Å². The molecule has 0 amide bonds. The molecule has 8 heteroatoms. The maximum Gasteiger partial charge on any atom is 0.264 e. The van der Waals surface area contributed by atoms with E-state index in [2.05, 4.69) is 0 Å².